The molecule has 5 rings (SSSR count). The van der Waals surface area contributed by atoms with Gasteiger partial charge in [-0.15, -0.1) is 0 Å². The predicted molar refractivity (Wildman–Crippen MR) is 112 cm³/mol. The van der Waals surface area contributed by atoms with E-state index >= 15 is 0 Å². The zero-order valence-electron chi connectivity index (χ0n) is 17.1. The first-order valence-electron chi connectivity index (χ1n) is 10.9. The van der Waals surface area contributed by atoms with E-state index < -0.39 is 0 Å². The Labute approximate surface area is 172 Å². The maximum atomic E-state index is 12.9. The lowest BCUT2D eigenvalue weighted by Gasteiger charge is -2.55. The third-order valence-electron chi connectivity index (χ3n) is 6.85. The van der Waals surface area contributed by atoms with Gasteiger partial charge >= 0.3 is 0 Å². The van der Waals surface area contributed by atoms with E-state index in [0.717, 1.165) is 37.0 Å². The molecular formula is C23H31N3O3. The molecule has 3 amide bonds. The predicted octanol–water partition coefficient (Wildman–Crippen LogP) is 3.70. The van der Waals surface area contributed by atoms with E-state index in [1.807, 2.05) is 0 Å². The van der Waals surface area contributed by atoms with Crippen LogP contribution >= 0.6 is 0 Å². The highest BCUT2D eigenvalue weighted by atomic mass is 16.2. The molecule has 0 unspecified atom stereocenters. The summed E-state index contributed by atoms with van der Waals surface area (Å²) in [7, 11) is 0. The minimum Gasteiger partial charge on any atom is -0.356 e. The van der Waals surface area contributed by atoms with Crippen LogP contribution in [0.2, 0.25) is 0 Å². The van der Waals surface area contributed by atoms with Crippen LogP contribution < -0.4 is 16.0 Å². The molecule has 4 bridgehead atoms. The Hall–Kier alpha value is -2.37. The Kier molecular flexibility index (Phi) is 5.61. The van der Waals surface area contributed by atoms with Crippen LogP contribution in [-0.4, -0.2) is 24.3 Å². The molecule has 0 heterocycles. The Morgan fingerprint density at radius 2 is 1.55 bits per heavy atom. The monoisotopic (exact) mass is 397 g/mol. The fourth-order valence-electron chi connectivity index (χ4n) is 6.13. The third-order valence-corrected chi connectivity index (χ3v) is 6.85. The summed E-state index contributed by atoms with van der Waals surface area (Å²) < 4.78 is 0. The summed E-state index contributed by atoms with van der Waals surface area (Å²) in [4.78, 5) is 36.3. The zero-order chi connectivity index (χ0) is 20.4. The van der Waals surface area contributed by atoms with Gasteiger partial charge in [0.25, 0.3) is 0 Å². The van der Waals surface area contributed by atoms with E-state index in [4.69, 9.17) is 0 Å². The van der Waals surface area contributed by atoms with Gasteiger partial charge in [0, 0.05) is 36.7 Å². The first-order valence-corrected chi connectivity index (χ1v) is 10.9. The standard InChI is InChI=1S/C23H31N3O3/c1-15(27)25-19-4-2-5-20(11-19)26-21(28)6-3-7-24-22(29)23-12-16-8-17(13-23)10-18(9-16)14-23/h2,4-5,11,16-18H,3,6-10,12-14H2,1H3,(H,24,29)(H,25,27)(H,26,28). The van der Waals surface area contributed by atoms with Crippen molar-refractivity contribution in [2.45, 2.75) is 58.3 Å². The summed E-state index contributed by atoms with van der Waals surface area (Å²) in [5.41, 5.74) is 1.18. The van der Waals surface area contributed by atoms with Crippen molar-refractivity contribution in [3.05, 3.63) is 24.3 Å². The third kappa shape index (κ3) is 4.62. The van der Waals surface area contributed by atoms with Crippen molar-refractivity contribution >= 4 is 29.1 Å². The van der Waals surface area contributed by atoms with Crippen molar-refractivity contribution < 1.29 is 14.4 Å². The summed E-state index contributed by atoms with van der Waals surface area (Å²) in [5, 5.41) is 8.67. The molecule has 1 aromatic carbocycles. The molecule has 4 fully saturated rings. The molecule has 0 aromatic heterocycles. The molecule has 0 atom stereocenters. The molecule has 4 aliphatic carbocycles. The number of hydrogen-bond acceptors (Lipinski definition) is 3. The van der Waals surface area contributed by atoms with Crippen LogP contribution in [0.5, 0.6) is 0 Å². The molecule has 6 nitrogen and oxygen atoms in total. The molecular weight excluding hydrogens is 366 g/mol. The van der Waals surface area contributed by atoms with E-state index in [1.54, 1.807) is 24.3 Å². The summed E-state index contributed by atoms with van der Waals surface area (Å²) in [6.07, 6.45) is 8.16. The van der Waals surface area contributed by atoms with Crippen molar-refractivity contribution in [1.82, 2.24) is 5.32 Å². The number of carbonyl (C=O) groups excluding carboxylic acids is 3. The highest BCUT2D eigenvalue weighted by Crippen LogP contribution is 2.60. The van der Waals surface area contributed by atoms with Gasteiger partial charge in [0.05, 0.1) is 0 Å². The largest absolute Gasteiger partial charge is 0.356 e. The van der Waals surface area contributed by atoms with Crippen molar-refractivity contribution in [3.63, 3.8) is 0 Å². The lowest BCUT2D eigenvalue weighted by molar-refractivity contribution is -0.146. The number of rotatable bonds is 7. The van der Waals surface area contributed by atoms with Gasteiger partial charge in [-0.1, -0.05) is 6.07 Å². The zero-order valence-corrected chi connectivity index (χ0v) is 17.1. The van der Waals surface area contributed by atoms with Crippen LogP contribution in [-0.2, 0) is 14.4 Å². The lowest BCUT2D eigenvalue weighted by Crippen LogP contribution is -2.53. The van der Waals surface area contributed by atoms with Crippen molar-refractivity contribution in [2.75, 3.05) is 17.2 Å². The van der Waals surface area contributed by atoms with Crippen LogP contribution in [0.25, 0.3) is 0 Å². The maximum Gasteiger partial charge on any atom is 0.226 e. The lowest BCUT2D eigenvalue weighted by atomic mass is 9.49. The van der Waals surface area contributed by atoms with Crippen molar-refractivity contribution in [2.24, 2.45) is 23.2 Å². The summed E-state index contributed by atoms with van der Waals surface area (Å²) >= 11 is 0. The molecule has 156 valence electrons. The fourth-order valence-corrected chi connectivity index (χ4v) is 6.13. The van der Waals surface area contributed by atoms with Gasteiger partial charge in [-0.05, 0) is 80.9 Å². The molecule has 29 heavy (non-hydrogen) atoms. The van der Waals surface area contributed by atoms with Gasteiger partial charge in [-0.25, -0.2) is 0 Å². The van der Waals surface area contributed by atoms with Crippen LogP contribution in [0.3, 0.4) is 0 Å². The second kappa shape index (κ2) is 8.17. The number of amides is 3. The summed E-state index contributed by atoms with van der Waals surface area (Å²) in [6.45, 7) is 1.99. The van der Waals surface area contributed by atoms with Gasteiger partial charge < -0.3 is 16.0 Å². The molecule has 0 aliphatic heterocycles. The Balaban J connectivity index is 1.20. The van der Waals surface area contributed by atoms with Crippen LogP contribution in [0.15, 0.2) is 24.3 Å². The molecule has 6 heteroatoms. The van der Waals surface area contributed by atoms with Crippen LogP contribution in [0, 0.1) is 23.2 Å². The number of anilines is 2. The number of nitrogens with one attached hydrogen (secondary N) is 3. The Morgan fingerprint density at radius 1 is 0.966 bits per heavy atom. The van der Waals surface area contributed by atoms with Gasteiger partial charge in [-0.3, -0.25) is 14.4 Å². The van der Waals surface area contributed by atoms with Gasteiger partial charge in [0.1, 0.15) is 0 Å². The highest BCUT2D eigenvalue weighted by Gasteiger charge is 2.54. The topological polar surface area (TPSA) is 87.3 Å². The second-order valence-electron chi connectivity index (χ2n) is 9.37. The van der Waals surface area contributed by atoms with Crippen LogP contribution in [0.1, 0.15) is 58.3 Å². The first kappa shape index (κ1) is 19.9. The quantitative estimate of drug-likeness (QED) is 0.613. The molecule has 0 spiro atoms. The second-order valence-corrected chi connectivity index (χ2v) is 9.37. The van der Waals surface area contributed by atoms with Gasteiger partial charge in [-0.2, -0.15) is 0 Å². The fraction of sp³-hybridized carbons (Fsp3) is 0.609. The molecule has 3 N–H and O–H groups in total. The number of carbonyl (C=O) groups is 3. The average Bonchev–Trinajstić information content (AvgIpc) is 2.63. The SMILES string of the molecule is CC(=O)Nc1cccc(NC(=O)CCCNC(=O)C23CC4CC(CC(C4)C2)C3)c1. The summed E-state index contributed by atoms with van der Waals surface area (Å²) in [6, 6.07) is 7.08. The molecule has 1 aromatic rings. The molecule has 4 aliphatic rings. The minimum atomic E-state index is -0.150. The number of benzene rings is 1. The smallest absolute Gasteiger partial charge is 0.226 e. The van der Waals surface area contributed by atoms with E-state index in [0.29, 0.717) is 30.8 Å². The Bertz CT molecular complexity index is 769. The van der Waals surface area contributed by atoms with Gasteiger partial charge in [0.2, 0.25) is 17.7 Å². The van der Waals surface area contributed by atoms with E-state index in [9.17, 15) is 14.4 Å². The highest BCUT2D eigenvalue weighted by molar-refractivity contribution is 5.93. The van der Waals surface area contributed by atoms with Crippen molar-refractivity contribution in [1.29, 1.82) is 0 Å². The normalized spacial score (nSPS) is 29.3. The van der Waals surface area contributed by atoms with Crippen molar-refractivity contribution in [3.8, 4) is 0 Å². The van der Waals surface area contributed by atoms with E-state index in [1.165, 1.54) is 26.2 Å². The minimum absolute atomic E-state index is 0.0889. The maximum absolute atomic E-state index is 12.9. The Morgan fingerprint density at radius 3 is 2.14 bits per heavy atom. The van der Waals surface area contributed by atoms with Crippen LogP contribution in [0.4, 0.5) is 11.4 Å². The summed E-state index contributed by atoms with van der Waals surface area (Å²) in [5.74, 6) is 2.25. The number of hydrogen-bond donors (Lipinski definition) is 3. The molecule has 0 radical (unpaired) electrons. The molecule has 0 saturated heterocycles. The van der Waals surface area contributed by atoms with E-state index in [-0.39, 0.29) is 23.1 Å². The van der Waals surface area contributed by atoms with E-state index in [2.05, 4.69) is 16.0 Å². The first-order chi connectivity index (χ1) is 13.9. The molecule has 4 saturated carbocycles. The van der Waals surface area contributed by atoms with Gasteiger partial charge in [0.15, 0.2) is 0 Å². The average molecular weight is 398 g/mol.